The summed E-state index contributed by atoms with van der Waals surface area (Å²) in [7, 11) is 0.751. The van der Waals surface area contributed by atoms with Crippen molar-refractivity contribution >= 4 is 40.8 Å². The maximum Gasteiger partial charge on any atom is 0.417 e. The Balaban J connectivity index is 2.42. The van der Waals surface area contributed by atoms with Crippen molar-refractivity contribution in [3.8, 4) is 0 Å². The van der Waals surface area contributed by atoms with E-state index in [2.05, 4.69) is 0 Å². The van der Waals surface area contributed by atoms with Gasteiger partial charge in [0.15, 0.2) is 0 Å². The van der Waals surface area contributed by atoms with E-state index >= 15 is 0 Å². The zero-order valence-corrected chi connectivity index (χ0v) is 21.8. The van der Waals surface area contributed by atoms with Crippen LogP contribution in [0.3, 0.4) is 0 Å². The van der Waals surface area contributed by atoms with Gasteiger partial charge in [-0.25, -0.2) is 4.39 Å². The Morgan fingerprint density at radius 2 is 1.60 bits per heavy atom. The summed E-state index contributed by atoms with van der Waals surface area (Å²) in [5.74, 6) is -7.18. The number of hydrogen-bond donors (Lipinski definition) is 1. The highest BCUT2D eigenvalue weighted by Gasteiger charge is 2.41. The zero-order chi connectivity index (χ0) is 30.8. The molecule has 0 heterocycles. The number of carbonyl (C=O) groups is 2. The van der Waals surface area contributed by atoms with Crippen molar-refractivity contribution in [3.63, 3.8) is 0 Å². The molecule has 2 amide bonds. The molecule has 2 aromatic carbocycles. The smallest absolute Gasteiger partial charge is 0.343 e. The van der Waals surface area contributed by atoms with Crippen molar-refractivity contribution in [2.45, 2.75) is 31.4 Å². The fourth-order valence-electron chi connectivity index (χ4n) is 3.42. The number of amides is 2. The van der Waals surface area contributed by atoms with E-state index < -0.39 is 77.4 Å². The van der Waals surface area contributed by atoms with Crippen molar-refractivity contribution < 1.29 is 53.5 Å². The van der Waals surface area contributed by atoms with E-state index in [1.165, 1.54) is 6.92 Å². The van der Waals surface area contributed by atoms with E-state index in [4.69, 9.17) is 23.2 Å². The summed E-state index contributed by atoms with van der Waals surface area (Å²) in [6.07, 6.45) is -15.2. The van der Waals surface area contributed by atoms with Crippen LogP contribution in [0.25, 0.3) is 5.83 Å². The van der Waals surface area contributed by atoms with Crippen molar-refractivity contribution in [1.29, 1.82) is 0 Å². The third-order valence-electron chi connectivity index (χ3n) is 5.34. The molecule has 4 nitrogen and oxygen atoms in total. The molecule has 0 aliphatic heterocycles. The van der Waals surface area contributed by atoms with Crippen molar-refractivity contribution in [2.24, 2.45) is 0 Å². The third-order valence-corrected chi connectivity index (χ3v) is 6.24. The van der Waals surface area contributed by atoms with E-state index in [1.807, 2.05) is 0 Å². The lowest BCUT2D eigenvalue weighted by atomic mass is 9.94. The van der Waals surface area contributed by atoms with Gasteiger partial charge in [0.25, 0.3) is 5.91 Å². The lowest BCUT2D eigenvalue weighted by Crippen LogP contribution is -2.42. The standard InChI is InChI=1S/C24H18Cl2F10N2O2/c1-11-5-13(7-17(25)20(11)26)15(23(31,32)33)8-18(27)12-3-4-14(16(6-12)24(34,35)36)21(40)37-9-19(39)38(2)10-22(28,29)30/h3-8,15H,9-10H2,1-2H3,(H,37,40). The lowest BCUT2D eigenvalue weighted by Gasteiger charge is -2.20. The van der Waals surface area contributed by atoms with Crippen LogP contribution >= 0.6 is 23.2 Å². The third kappa shape index (κ3) is 8.75. The number of likely N-dealkylation sites (N-methyl/N-ethyl adjacent to an activating group) is 1. The number of carbonyl (C=O) groups excluding carboxylic acids is 2. The molecule has 0 aliphatic rings. The molecule has 2 rings (SSSR count). The first-order valence-corrected chi connectivity index (χ1v) is 11.6. The molecule has 0 radical (unpaired) electrons. The Kier molecular flexibility index (Phi) is 10.2. The van der Waals surface area contributed by atoms with Gasteiger partial charge in [-0.2, -0.15) is 39.5 Å². The number of alkyl halides is 9. The molecule has 0 bridgehead atoms. The number of aryl methyl sites for hydroxylation is 1. The maximum atomic E-state index is 15.0. The van der Waals surface area contributed by atoms with Crippen LogP contribution in [0.1, 0.15) is 38.5 Å². The maximum absolute atomic E-state index is 15.0. The minimum Gasteiger partial charge on any atom is -0.343 e. The molecule has 0 aliphatic carbocycles. The first-order chi connectivity index (χ1) is 18.1. The monoisotopic (exact) mass is 626 g/mol. The second kappa shape index (κ2) is 12.2. The first kappa shape index (κ1) is 33.2. The highest BCUT2D eigenvalue weighted by molar-refractivity contribution is 6.42. The van der Waals surface area contributed by atoms with Crippen molar-refractivity contribution in [2.75, 3.05) is 20.1 Å². The van der Waals surface area contributed by atoms with Gasteiger partial charge in [-0.05, 0) is 42.3 Å². The number of allylic oxidation sites excluding steroid dienone is 1. The molecule has 0 saturated heterocycles. The topological polar surface area (TPSA) is 49.4 Å². The second-order valence-corrected chi connectivity index (χ2v) is 9.26. The van der Waals surface area contributed by atoms with Crippen LogP contribution in [0.5, 0.6) is 0 Å². The van der Waals surface area contributed by atoms with E-state index in [0.717, 1.165) is 19.2 Å². The fourth-order valence-corrected chi connectivity index (χ4v) is 3.81. The number of hydrogen-bond acceptors (Lipinski definition) is 2. The molecular formula is C24H18Cl2F10N2O2. The number of nitrogens with zero attached hydrogens (tertiary/aromatic N) is 1. The van der Waals surface area contributed by atoms with Crippen LogP contribution in [-0.4, -0.2) is 49.2 Å². The Bertz CT molecular complexity index is 1280. The summed E-state index contributed by atoms with van der Waals surface area (Å²) in [6.45, 7) is -1.45. The van der Waals surface area contributed by atoms with Crippen LogP contribution in [0.2, 0.25) is 10.0 Å². The summed E-state index contributed by atoms with van der Waals surface area (Å²) >= 11 is 11.7. The highest BCUT2D eigenvalue weighted by atomic mass is 35.5. The van der Waals surface area contributed by atoms with E-state index in [9.17, 15) is 53.5 Å². The average molecular weight is 627 g/mol. The summed E-state index contributed by atoms with van der Waals surface area (Å²) in [5, 5.41) is 1.42. The van der Waals surface area contributed by atoms with E-state index in [1.54, 1.807) is 5.32 Å². The van der Waals surface area contributed by atoms with Crippen LogP contribution in [-0.2, 0) is 11.0 Å². The normalized spacial score (nSPS) is 13.7. The SMILES string of the molecule is Cc1cc(C(C=C(F)c2ccc(C(=O)NCC(=O)N(C)CC(F)(F)F)c(C(F)(F)F)c2)C(F)(F)F)cc(Cl)c1Cl. The van der Waals surface area contributed by atoms with Gasteiger partial charge in [0.2, 0.25) is 5.91 Å². The van der Waals surface area contributed by atoms with Crippen molar-refractivity contribution in [3.05, 3.63) is 74.3 Å². The number of halogens is 12. The van der Waals surface area contributed by atoms with Crippen LogP contribution < -0.4 is 5.32 Å². The largest absolute Gasteiger partial charge is 0.417 e. The van der Waals surface area contributed by atoms with Gasteiger partial charge >= 0.3 is 18.5 Å². The Morgan fingerprint density at radius 1 is 1.00 bits per heavy atom. The predicted octanol–water partition coefficient (Wildman–Crippen LogP) is 7.73. The van der Waals surface area contributed by atoms with Crippen LogP contribution in [0.4, 0.5) is 43.9 Å². The average Bonchev–Trinajstić information content (AvgIpc) is 2.80. The van der Waals surface area contributed by atoms with Gasteiger partial charge in [0.05, 0.1) is 27.7 Å². The van der Waals surface area contributed by atoms with E-state index in [-0.39, 0.29) is 32.7 Å². The minimum atomic E-state index is -5.32. The summed E-state index contributed by atoms with van der Waals surface area (Å²) < 4.78 is 134. The quantitative estimate of drug-likeness (QED) is 0.320. The van der Waals surface area contributed by atoms with Gasteiger partial charge in [-0.3, -0.25) is 9.59 Å². The van der Waals surface area contributed by atoms with Gasteiger partial charge in [0, 0.05) is 12.6 Å². The molecule has 16 heteroatoms. The summed E-state index contributed by atoms with van der Waals surface area (Å²) in [6, 6.07) is 2.96. The molecule has 1 unspecified atom stereocenters. The summed E-state index contributed by atoms with van der Waals surface area (Å²) in [4.78, 5) is 24.3. The molecule has 0 fully saturated rings. The van der Waals surface area contributed by atoms with Crippen molar-refractivity contribution in [1.82, 2.24) is 10.2 Å². The molecular weight excluding hydrogens is 609 g/mol. The fraction of sp³-hybridized carbons (Fsp3) is 0.333. The molecule has 40 heavy (non-hydrogen) atoms. The molecule has 0 spiro atoms. The van der Waals surface area contributed by atoms with E-state index in [0.29, 0.717) is 12.1 Å². The minimum absolute atomic E-state index is 0.0311. The van der Waals surface area contributed by atoms with Gasteiger partial charge in [0.1, 0.15) is 18.3 Å². The van der Waals surface area contributed by atoms with Gasteiger partial charge < -0.3 is 10.2 Å². The van der Waals surface area contributed by atoms with Crippen LogP contribution in [0.15, 0.2) is 36.4 Å². The molecule has 1 atom stereocenters. The summed E-state index contributed by atoms with van der Waals surface area (Å²) in [5.41, 5.74) is -4.29. The first-order valence-electron chi connectivity index (χ1n) is 10.8. The molecule has 0 aromatic heterocycles. The predicted molar refractivity (Wildman–Crippen MR) is 127 cm³/mol. The Morgan fingerprint density at radius 3 is 2.10 bits per heavy atom. The number of rotatable bonds is 7. The molecule has 220 valence electrons. The number of benzene rings is 2. The Labute approximate surface area is 230 Å². The highest BCUT2D eigenvalue weighted by Crippen LogP contribution is 2.42. The molecule has 1 N–H and O–H groups in total. The lowest BCUT2D eigenvalue weighted by molar-refractivity contribution is -0.157. The molecule has 0 saturated carbocycles. The number of nitrogens with one attached hydrogen (secondary N) is 1. The van der Waals surface area contributed by atoms with Gasteiger partial charge in [-0.1, -0.05) is 35.3 Å². The zero-order valence-electron chi connectivity index (χ0n) is 20.3. The Hall–Kier alpha value is -3.00. The second-order valence-electron chi connectivity index (χ2n) is 8.47. The van der Waals surface area contributed by atoms with Crippen LogP contribution in [0, 0.1) is 6.92 Å². The van der Waals surface area contributed by atoms with Gasteiger partial charge in [-0.15, -0.1) is 0 Å². The molecule has 2 aromatic rings.